The zero-order valence-corrected chi connectivity index (χ0v) is 13.3. The number of aryl methyl sites for hydroxylation is 1. The Morgan fingerprint density at radius 3 is 2.19 bits per heavy atom. The van der Waals surface area contributed by atoms with Crippen molar-refractivity contribution in [3.63, 3.8) is 0 Å². The molecule has 1 aromatic heterocycles. The first-order valence-corrected chi connectivity index (χ1v) is 6.64. The molecule has 116 valence electrons. The van der Waals surface area contributed by atoms with Crippen LogP contribution in [-0.2, 0) is 20.8 Å². The Morgan fingerprint density at radius 2 is 1.71 bits per heavy atom. The monoisotopic (exact) mass is 313 g/mol. The van der Waals surface area contributed by atoms with Crippen LogP contribution in [0.25, 0.3) is 11.0 Å². The molecule has 0 saturated heterocycles. The van der Waals surface area contributed by atoms with E-state index in [4.69, 9.17) is 17.3 Å². The van der Waals surface area contributed by atoms with E-state index in [9.17, 15) is 0 Å². The van der Waals surface area contributed by atoms with Gasteiger partial charge in [0.05, 0.1) is 16.7 Å². The van der Waals surface area contributed by atoms with Gasteiger partial charge in [0.15, 0.2) is 5.15 Å². The van der Waals surface area contributed by atoms with Crippen molar-refractivity contribution in [3.8, 4) is 0 Å². The summed E-state index contributed by atoms with van der Waals surface area (Å²) < 4.78 is 13.8. The number of nitrogens with two attached hydrogens (primary N) is 1. The maximum Gasteiger partial charge on any atom is 0.270 e. The molecule has 2 rings (SSSR count). The van der Waals surface area contributed by atoms with E-state index in [0.29, 0.717) is 17.4 Å². The zero-order valence-electron chi connectivity index (χ0n) is 12.6. The SMILES string of the molecule is COC(OC)OC.Cc1ccc2nc(Cl)c(CN)nc2c1. The molecule has 0 saturated carbocycles. The average molecular weight is 314 g/mol. The van der Waals surface area contributed by atoms with Gasteiger partial charge in [0.25, 0.3) is 6.48 Å². The molecule has 0 bridgehead atoms. The Hall–Kier alpha value is -1.31. The number of rotatable bonds is 4. The van der Waals surface area contributed by atoms with Gasteiger partial charge in [0.1, 0.15) is 0 Å². The molecule has 0 amide bonds. The molecule has 21 heavy (non-hydrogen) atoms. The van der Waals surface area contributed by atoms with Gasteiger partial charge in [-0.1, -0.05) is 17.7 Å². The average Bonchev–Trinajstić information content (AvgIpc) is 2.49. The second kappa shape index (κ2) is 8.86. The molecule has 0 atom stereocenters. The fourth-order valence-electron chi connectivity index (χ4n) is 1.60. The number of hydrogen-bond donors (Lipinski definition) is 1. The van der Waals surface area contributed by atoms with Gasteiger partial charge in [-0.3, -0.25) is 0 Å². The lowest BCUT2D eigenvalue weighted by Gasteiger charge is -2.08. The van der Waals surface area contributed by atoms with Gasteiger partial charge in [-0.25, -0.2) is 9.97 Å². The third-order valence-electron chi connectivity index (χ3n) is 2.61. The molecule has 2 aromatic rings. The zero-order chi connectivity index (χ0) is 15.8. The van der Waals surface area contributed by atoms with Crippen LogP contribution in [0, 0.1) is 6.92 Å². The number of ether oxygens (including phenoxy) is 3. The molecule has 0 aliphatic heterocycles. The van der Waals surface area contributed by atoms with Crippen molar-refractivity contribution in [1.29, 1.82) is 0 Å². The van der Waals surface area contributed by atoms with Crippen molar-refractivity contribution in [2.75, 3.05) is 21.3 Å². The van der Waals surface area contributed by atoms with E-state index in [-0.39, 0.29) is 0 Å². The van der Waals surface area contributed by atoms with Crippen molar-refractivity contribution < 1.29 is 14.2 Å². The summed E-state index contributed by atoms with van der Waals surface area (Å²) >= 11 is 5.89. The number of fused-ring (bicyclic) bond motifs is 1. The second-order valence-corrected chi connectivity index (χ2v) is 4.51. The lowest BCUT2D eigenvalue weighted by molar-refractivity contribution is -0.252. The van der Waals surface area contributed by atoms with Crippen LogP contribution in [0.4, 0.5) is 0 Å². The quantitative estimate of drug-likeness (QED) is 0.872. The predicted octanol–water partition coefficient (Wildman–Crippen LogP) is 2.26. The van der Waals surface area contributed by atoms with Crippen LogP contribution < -0.4 is 5.73 Å². The summed E-state index contributed by atoms with van der Waals surface area (Å²) in [6.07, 6.45) is 0. The normalized spacial score (nSPS) is 10.6. The third kappa shape index (κ3) is 5.18. The minimum atomic E-state index is -0.514. The van der Waals surface area contributed by atoms with Gasteiger partial charge >= 0.3 is 0 Å². The van der Waals surface area contributed by atoms with Gasteiger partial charge in [0.2, 0.25) is 0 Å². The standard InChI is InChI=1S/C10H10ClN3.C4H10O3/c1-6-2-3-7-8(4-6)13-9(5-12)10(11)14-7;1-5-4(6-2)7-3/h2-4H,5,12H2,1H3;4H,1-3H3. The van der Waals surface area contributed by atoms with E-state index in [1.165, 1.54) is 21.3 Å². The molecule has 2 N–H and O–H groups in total. The first kappa shape index (κ1) is 17.7. The van der Waals surface area contributed by atoms with E-state index < -0.39 is 6.48 Å². The molecule has 1 aromatic carbocycles. The Kier molecular flexibility index (Phi) is 7.49. The van der Waals surface area contributed by atoms with Crippen LogP contribution in [0.5, 0.6) is 0 Å². The summed E-state index contributed by atoms with van der Waals surface area (Å²) in [5, 5.41) is 0.392. The number of nitrogens with zero attached hydrogens (tertiary/aromatic N) is 2. The van der Waals surface area contributed by atoms with Crippen molar-refractivity contribution in [2.24, 2.45) is 5.73 Å². The lowest BCUT2D eigenvalue weighted by atomic mass is 10.2. The van der Waals surface area contributed by atoms with E-state index >= 15 is 0 Å². The van der Waals surface area contributed by atoms with Crippen LogP contribution in [-0.4, -0.2) is 37.8 Å². The summed E-state index contributed by atoms with van der Waals surface area (Å²) in [6, 6.07) is 5.86. The van der Waals surface area contributed by atoms with Crippen LogP contribution in [0.3, 0.4) is 0 Å². The number of methoxy groups -OCH3 is 3. The Bertz CT molecular complexity index is 571. The van der Waals surface area contributed by atoms with Gasteiger partial charge in [-0.15, -0.1) is 0 Å². The molecule has 0 aliphatic carbocycles. The highest BCUT2D eigenvalue weighted by molar-refractivity contribution is 6.30. The molecular formula is C14H20ClN3O3. The number of benzene rings is 1. The first-order chi connectivity index (χ1) is 10.0. The van der Waals surface area contributed by atoms with Crippen LogP contribution in [0.1, 0.15) is 11.3 Å². The molecule has 6 nitrogen and oxygen atoms in total. The van der Waals surface area contributed by atoms with E-state index in [0.717, 1.165) is 16.6 Å². The maximum absolute atomic E-state index is 5.89. The van der Waals surface area contributed by atoms with Crippen molar-refractivity contribution in [3.05, 3.63) is 34.6 Å². The Balaban J connectivity index is 0.000000270. The van der Waals surface area contributed by atoms with E-state index in [2.05, 4.69) is 24.2 Å². The predicted molar refractivity (Wildman–Crippen MR) is 82.0 cm³/mol. The molecular weight excluding hydrogens is 294 g/mol. The fraction of sp³-hybridized carbons (Fsp3) is 0.429. The highest BCUT2D eigenvalue weighted by Crippen LogP contribution is 2.17. The number of aromatic nitrogens is 2. The van der Waals surface area contributed by atoms with Gasteiger partial charge in [-0.05, 0) is 24.6 Å². The highest BCUT2D eigenvalue weighted by Gasteiger charge is 2.04. The van der Waals surface area contributed by atoms with E-state index in [1.54, 1.807) is 0 Å². The molecule has 7 heteroatoms. The Morgan fingerprint density at radius 1 is 1.10 bits per heavy atom. The maximum atomic E-state index is 5.89. The van der Waals surface area contributed by atoms with Crippen molar-refractivity contribution in [2.45, 2.75) is 19.9 Å². The summed E-state index contributed by atoms with van der Waals surface area (Å²) in [6.45, 7) is 1.81. The van der Waals surface area contributed by atoms with Crippen LogP contribution >= 0.6 is 11.6 Å². The lowest BCUT2D eigenvalue weighted by Crippen LogP contribution is -2.14. The second-order valence-electron chi connectivity index (χ2n) is 4.15. The molecule has 0 fully saturated rings. The number of hydrogen-bond acceptors (Lipinski definition) is 6. The van der Waals surface area contributed by atoms with Crippen LogP contribution in [0.2, 0.25) is 5.15 Å². The summed E-state index contributed by atoms with van der Waals surface area (Å²) in [5.74, 6) is 0. The molecule has 0 unspecified atom stereocenters. The molecule has 0 spiro atoms. The summed E-state index contributed by atoms with van der Waals surface area (Å²) in [4.78, 5) is 8.55. The minimum absolute atomic E-state index is 0.315. The van der Waals surface area contributed by atoms with Crippen molar-refractivity contribution >= 4 is 22.6 Å². The first-order valence-electron chi connectivity index (χ1n) is 6.27. The summed E-state index contributed by atoms with van der Waals surface area (Å²) in [5.41, 5.74) is 8.93. The highest BCUT2D eigenvalue weighted by atomic mass is 35.5. The minimum Gasteiger partial charge on any atom is -0.333 e. The largest absolute Gasteiger partial charge is 0.333 e. The van der Waals surface area contributed by atoms with Gasteiger partial charge < -0.3 is 19.9 Å². The molecule has 0 radical (unpaired) electrons. The Labute approximate surface area is 129 Å². The van der Waals surface area contributed by atoms with Crippen LogP contribution in [0.15, 0.2) is 18.2 Å². The number of halogens is 1. The van der Waals surface area contributed by atoms with E-state index in [1.807, 2.05) is 25.1 Å². The molecule has 0 aliphatic rings. The fourth-order valence-corrected chi connectivity index (χ4v) is 1.81. The third-order valence-corrected chi connectivity index (χ3v) is 2.92. The van der Waals surface area contributed by atoms with Gasteiger partial charge in [-0.2, -0.15) is 0 Å². The van der Waals surface area contributed by atoms with Gasteiger partial charge in [0, 0.05) is 27.9 Å². The topological polar surface area (TPSA) is 79.5 Å². The summed E-state index contributed by atoms with van der Waals surface area (Å²) in [7, 11) is 4.53. The smallest absolute Gasteiger partial charge is 0.270 e. The van der Waals surface area contributed by atoms with Crippen molar-refractivity contribution in [1.82, 2.24) is 9.97 Å². The molecule has 1 heterocycles.